The number of amides is 1. The molecule has 0 saturated heterocycles. The van der Waals surface area contributed by atoms with E-state index in [1.165, 1.54) is 0 Å². The van der Waals surface area contributed by atoms with Crippen molar-refractivity contribution in [1.82, 2.24) is 9.88 Å². The van der Waals surface area contributed by atoms with Crippen molar-refractivity contribution in [3.8, 4) is 0 Å². The van der Waals surface area contributed by atoms with Gasteiger partial charge in [0.25, 0.3) is 5.91 Å². The topological polar surface area (TPSA) is 71.6 Å². The van der Waals surface area contributed by atoms with Crippen molar-refractivity contribution in [2.24, 2.45) is 10.7 Å². The molecule has 0 aliphatic heterocycles. The third-order valence-electron chi connectivity index (χ3n) is 5.71. The number of nitrogens with zero attached hydrogens (tertiary/aromatic N) is 3. The van der Waals surface area contributed by atoms with Gasteiger partial charge in [-0.25, -0.2) is 0 Å². The van der Waals surface area contributed by atoms with E-state index in [-0.39, 0.29) is 5.91 Å². The summed E-state index contributed by atoms with van der Waals surface area (Å²) in [6.07, 6.45) is 4.07. The number of likely N-dealkylation sites (N-methyl/N-ethyl adjacent to an activating group) is 1. The van der Waals surface area contributed by atoms with E-state index in [1.54, 1.807) is 25.1 Å². The van der Waals surface area contributed by atoms with E-state index in [9.17, 15) is 4.79 Å². The average Bonchev–Trinajstić information content (AvgIpc) is 2.77. The van der Waals surface area contributed by atoms with Crippen LogP contribution in [-0.2, 0) is 17.8 Å². The van der Waals surface area contributed by atoms with E-state index in [0.717, 1.165) is 44.4 Å². The van der Waals surface area contributed by atoms with Gasteiger partial charge in [0.15, 0.2) is 0 Å². The number of allylic oxidation sites excluding steroid dienone is 1. The Morgan fingerprint density at radius 2 is 1.88 bits per heavy atom. The lowest BCUT2D eigenvalue weighted by Gasteiger charge is -2.19. The number of hydrogen-bond acceptors (Lipinski definition) is 4. The fraction of sp³-hybridized carbons (Fsp3) is 0.250. The lowest BCUT2D eigenvalue weighted by Crippen LogP contribution is -2.27. The van der Waals surface area contributed by atoms with Crippen LogP contribution in [0.5, 0.6) is 0 Å². The van der Waals surface area contributed by atoms with Crippen LogP contribution in [0.3, 0.4) is 0 Å². The molecule has 1 aromatic heterocycles. The minimum absolute atomic E-state index is 0.149. The highest BCUT2D eigenvalue weighted by Crippen LogP contribution is 2.18. The van der Waals surface area contributed by atoms with Gasteiger partial charge < -0.3 is 10.6 Å². The smallest absolute Gasteiger partial charge is 0.253 e. The van der Waals surface area contributed by atoms with Crippen LogP contribution < -0.4 is 5.73 Å². The number of aryl methyl sites for hydroxylation is 2. The fourth-order valence-corrected chi connectivity index (χ4v) is 3.91. The van der Waals surface area contributed by atoms with Gasteiger partial charge in [-0.3, -0.25) is 14.8 Å². The largest absolute Gasteiger partial charge is 0.402 e. The number of aliphatic imine (C=N–C) groups is 1. The minimum Gasteiger partial charge on any atom is -0.402 e. The molecule has 0 aliphatic carbocycles. The highest BCUT2D eigenvalue weighted by molar-refractivity contribution is 6.00. The van der Waals surface area contributed by atoms with Crippen LogP contribution in [0.2, 0.25) is 0 Å². The van der Waals surface area contributed by atoms with E-state index < -0.39 is 0 Å². The summed E-state index contributed by atoms with van der Waals surface area (Å²) >= 11 is 0. The summed E-state index contributed by atoms with van der Waals surface area (Å²) in [6.45, 7) is 10.5. The summed E-state index contributed by atoms with van der Waals surface area (Å²) in [4.78, 5) is 23.2. The standard InChI is InChI=1S/C28H32N4O/c1-18-11-24-14-22(8-10-27(24)31-16-18)15-25(29)13-20(3)28(33)32(6)17-23-7-9-26(19(2)12-23)21(4)30-5/h7-14,16H,3,15,17,29H2,1-2,4-6H3/b25-13-,30-21?. The maximum absolute atomic E-state index is 12.9. The first-order valence-corrected chi connectivity index (χ1v) is 11.0. The van der Waals surface area contributed by atoms with Gasteiger partial charge >= 0.3 is 0 Å². The molecule has 0 atom stereocenters. The van der Waals surface area contributed by atoms with Crippen molar-refractivity contribution < 1.29 is 4.79 Å². The maximum Gasteiger partial charge on any atom is 0.253 e. The molecular weight excluding hydrogens is 408 g/mol. The number of fused-ring (bicyclic) bond motifs is 1. The first-order valence-electron chi connectivity index (χ1n) is 11.0. The molecule has 2 N–H and O–H groups in total. The first kappa shape index (κ1) is 23.9. The van der Waals surface area contributed by atoms with E-state index in [2.05, 4.69) is 47.7 Å². The molecule has 0 spiro atoms. The molecule has 0 bridgehead atoms. The predicted octanol–water partition coefficient (Wildman–Crippen LogP) is 4.89. The Bertz CT molecular complexity index is 1270. The molecule has 5 nitrogen and oxygen atoms in total. The first-order chi connectivity index (χ1) is 15.7. The number of carbonyl (C=O) groups excluding carboxylic acids is 1. The fourth-order valence-electron chi connectivity index (χ4n) is 3.91. The van der Waals surface area contributed by atoms with Gasteiger partial charge in [0, 0.05) is 55.6 Å². The van der Waals surface area contributed by atoms with Crippen LogP contribution in [0.25, 0.3) is 10.9 Å². The molecule has 0 unspecified atom stereocenters. The van der Waals surface area contributed by atoms with E-state index in [4.69, 9.17) is 5.73 Å². The second-order valence-electron chi connectivity index (χ2n) is 8.58. The van der Waals surface area contributed by atoms with E-state index in [1.807, 2.05) is 38.2 Å². The van der Waals surface area contributed by atoms with Crippen LogP contribution in [0.15, 0.2) is 77.6 Å². The number of benzene rings is 2. The predicted molar refractivity (Wildman–Crippen MR) is 137 cm³/mol. The summed E-state index contributed by atoms with van der Waals surface area (Å²) < 4.78 is 0. The Hall–Kier alpha value is -3.73. The highest BCUT2D eigenvalue weighted by Gasteiger charge is 2.13. The lowest BCUT2D eigenvalue weighted by molar-refractivity contribution is -0.126. The number of aromatic nitrogens is 1. The summed E-state index contributed by atoms with van der Waals surface area (Å²) in [7, 11) is 3.57. The second-order valence-corrected chi connectivity index (χ2v) is 8.58. The van der Waals surface area contributed by atoms with Crippen molar-refractivity contribution in [3.63, 3.8) is 0 Å². The number of hydrogen-bond donors (Lipinski definition) is 1. The molecule has 3 aromatic rings. The normalized spacial score (nSPS) is 12.2. The van der Waals surface area contributed by atoms with Crippen molar-refractivity contribution in [2.45, 2.75) is 33.7 Å². The summed E-state index contributed by atoms with van der Waals surface area (Å²) in [6, 6.07) is 14.4. The summed E-state index contributed by atoms with van der Waals surface area (Å²) in [5.41, 5.74) is 14.7. The zero-order chi connectivity index (χ0) is 24.1. The van der Waals surface area contributed by atoms with Crippen LogP contribution in [0.1, 0.15) is 34.7 Å². The molecule has 170 valence electrons. The molecule has 3 rings (SSSR count). The van der Waals surface area contributed by atoms with Crippen molar-refractivity contribution in [3.05, 3.63) is 100 Å². The highest BCUT2D eigenvalue weighted by atomic mass is 16.2. The average molecular weight is 441 g/mol. The zero-order valence-corrected chi connectivity index (χ0v) is 20.1. The van der Waals surface area contributed by atoms with Gasteiger partial charge in [-0.15, -0.1) is 0 Å². The monoisotopic (exact) mass is 440 g/mol. The Labute approximate surface area is 196 Å². The van der Waals surface area contributed by atoms with Crippen LogP contribution in [-0.4, -0.2) is 35.6 Å². The minimum atomic E-state index is -0.149. The number of rotatable bonds is 7. The molecular formula is C28H32N4O. The molecule has 33 heavy (non-hydrogen) atoms. The summed E-state index contributed by atoms with van der Waals surface area (Å²) in [5, 5.41) is 1.08. The molecule has 0 aliphatic rings. The van der Waals surface area contributed by atoms with Crippen molar-refractivity contribution >= 4 is 22.5 Å². The Morgan fingerprint density at radius 3 is 2.58 bits per heavy atom. The van der Waals surface area contributed by atoms with Crippen molar-refractivity contribution in [2.75, 3.05) is 14.1 Å². The molecule has 0 fully saturated rings. The van der Waals surface area contributed by atoms with E-state index >= 15 is 0 Å². The zero-order valence-electron chi connectivity index (χ0n) is 20.1. The van der Waals surface area contributed by atoms with Gasteiger partial charge in [0.05, 0.1) is 5.52 Å². The quantitative estimate of drug-likeness (QED) is 0.323. The lowest BCUT2D eigenvalue weighted by atomic mass is 10.0. The van der Waals surface area contributed by atoms with Gasteiger partial charge in [-0.2, -0.15) is 0 Å². The summed E-state index contributed by atoms with van der Waals surface area (Å²) in [5.74, 6) is -0.149. The molecule has 0 saturated carbocycles. The molecule has 1 heterocycles. The van der Waals surface area contributed by atoms with Gasteiger partial charge in [-0.05, 0) is 72.9 Å². The third-order valence-corrected chi connectivity index (χ3v) is 5.71. The molecule has 1 amide bonds. The number of nitrogens with two attached hydrogens (primary N) is 1. The number of pyridine rings is 1. The van der Waals surface area contributed by atoms with Crippen LogP contribution in [0, 0.1) is 13.8 Å². The van der Waals surface area contributed by atoms with Crippen molar-refractivity contribution in [1.29, 1.82) is 0 Å². The van der Waals surface area contributed by atoms with E-state index in [0.29, 0.717) is 24.2 Å². The third kappa shape index (κ3) is 5.95. The van der Waals surface area contributed by atoms with Gasteiger partial charge in [0.2, 0.25) is 0 Å². The van der Waals surface area contributed by atoms with Gasteiger partial charge in [-0.1, -0.05) is 30.8 Å². The Morgan fingerprint density at radius 1 is 1.15 bits per heavy atom. The second kappa shape index (κ2) is 10.3. The molecule has 2 aromatic carbocycles. The molecule has 5 heteroatoms. The van der Waals surface area contributed by atoms with Crippen LogP contribution in [0.4, 0.5) is 0 Å². The molecule has 0 radical (unpaired) electrons. The van der Waals surface area contributed by atoms with Crippen LogP contribution >= 0.6 is 0 Å². The number of carbonyl (C=O) groups is 1. The SMILES string of the molecule is C=C(/C=C(\N)Cc1ccc2ncc(C)cc2c1)C(=O)N(C)Cc1ccc(C(C)=NC)c(C)c1. The van der Waals surface area contributed by atoms with Gasteiger partial charge in [0.1, 0.15) is 0 Å². The Balaban J connectivity index is 1.66. The Kier molecular flexibility index (Phi) is 7.44. The maximum atomic E-state index is 12.9.